The highest BCUT2D eigenvalue weighted by atomic mass is 28.4. The van der Waals surface area contributed by atoms with Crippen molar-refractivity contribution in [1.82, 2.24) is 0 Å². The van der Waals surface area contributed by atoms with E-state index in [1.54, 1.807) is 0 Å². The summed E-state index contributed by atoms with van der Waals surface area (Å²) in [6.45, 7) is 8.57. The zero-order chi connectivity index (χ0) is 17.5. The highest BCUT2D eigenvalue weighted by molar-refractivity contribution is 6.69. The van der Waals surface area contributed by atoms with Crippen molar-refractivity contribution in [3.8, 4) is 0 Å². The molecule has 0 aromatic carbocycles. The molecule has 24 heavy (non-hydrogen) atoms. The van der Waals surface area contributed by atoms with Gasteiger partial charge in [0, 0.05) is 25.0 Å². The molecule has 0 aliphatic heterocycles. The van der Waals surface area contributed by atoms with Gasteiger partial charge in [-0.1, -0.05) is 82.6 Å². The molecular weight excluding hydrogens is 316 g/mol. The van der Waals surface area contributed by atoms with Crippen LogP contribution in [0, 0.1) is 0 Å². The summed E-state index contributed by atoms with van der Waals surface area (Å²) in [5, 5.41) is 1.05. The van der Waals surface area contributed by atoms with E-state index in [-0.39, 0.29) is 0 Å². The van der Waals surface area contributed by atoms with Gasteiger partial charge >= 0.3 is 8.80 Å². The van der Waals surface area contributed by atoms with Gasteiger partial charge in [-0.2, -0.15) is 0 Å². The van der Waals surface area contributed by atoms with E-state index in [0.29, 0.717) is 19.8 Å². The molecule has 4 heteroatoms. The van der Waals surface area contributed by atoms with Crippen LogP contribution in [-0.4, -0.2) is 28.6 Å². The molecule has 0 fully saturated rings. The number of hydrogen-bond donors (Lipinski definition) is 0. The number of rotatable bonds is 13. The lowest BCUT2D eigenvalue weighted by atomic mass is 10.3. The monoisotopic (exact) mass is 350 g/mol. The molecule has 1 aliphatic carbocycles. The highest BCUT2D eigenvalue weighted by Gasteiger charge is 2.44. The van der Waals surface area contributed by atoms with Crippen molar-refractivity contribution in [1.29, 1.82) is 0 Å². The molecule has 3 nitrogen and oxygen atoms in total. The lowest BCUT2D eigenvalue weighted by molar-refractivity contribution is 0.0661. The van der Waals surface area contributed by atoms with Crippen LogP contribution in [0.2, 0.25) is 0 Å². The van der Waals surface area contributed by atoms with Crippen LogP contribution >= 0.6 is 0 Å². The van der Waals surface area contributed by atoms with E-state index >= 15 is 0 Å². The summed E-state index contributed by atoms with van der Waals surface area (Å²) in [4.78, 5) is 0. The molecule has 1 aliphatic rings. The predicted octanol–water partition coefficient (Wildman–Crippen LogP) is 5.52. The summed E-state index contributed by atoms with van der Waals surface area (Å²) in [6.07, 6.45) is 20.7. The summed E-state index contributed by atoms with van der Waals surface area (Å²) >= 11 is 0. The van der Waals surface area contributed by atoms with E-state index in [9.17, 15) is 0 Å². The first-order chi connectivity index (χ1) is 11.8. The van der Waals surface area contributed by atoms with Crippen LogP contribution in [0.4, 0.5) is 0 Å². The molecule has 1 rings (SSSR count). The van der Waals surface area contributed by atoms with Gasteiger partial charge in [0.2, 0.25) is 0 Å². The topological polar surface area (TPSA) is 27.7 Å². The highest BCUT2D eigenvalue weighted by Crippen LogP contribution is 2.24. The van der Waals surface area contributed by atoms with E-state index in [4.69, 9.17) is 13.3 Å². The Morgan fingerprint density at radius 3 is 1.62 bits per heavy atom. The average Bonchev–Trinajstić information content (AvgIpc) is 2.55. The SMILES string of the molecule is CCCCO[Si](OCCCC)(OCCCC)C1=CC=CC=CC=C1. The van der Waals surface area contributed by atoms with Crippen molar-refractivity contribution >= 4 is 8.80 Å². The molecule has 0 atom stereocenters. The van der Waals surface area contributed by atoms with E-state index in [2.05, 4.69) is 32.9 Å². The number of allylic oxidation sites excluding steroid dienone is 8. The number of hydrogen-bond acceptors (Lipinski definition) is 3. The lowest BCUT2D eigenvalue weighted by Crippen LogP contribution is -2.48. The maximum Gasteiger partial charge on any atom is 0.537 e. The fourth-order valence-corrected chi connectivity index (χ4v) is 4.79. The van der Waals surface area contributed by atoms with Gasteiger partial charge in [-0.15, -0.1) is 0 Å². The molecule has 0 aromatic rings. The van der Waals surface area contributed by atoms with Gasteiger partial charge in [-0.3, -0.25) is 0 Å². The van der Waals surface area contributed by atoms with Crippen molar-refractivity contribution in [2.45, 2.75) is 59.3 Å². The Kier molecular flexibility index (Phi) is 11.7. The van der Waals surface area contributed by atoms with Crippen molar-refractivity contribution in [3.63, 3.8) is 0 Å². The zero-order valence-corrected chi connectivity index (χ0v) is 16.6. The van der Waals surface area contributed by atoms with Crippen molar-refractivity contribution in [2.75, 3.05) is 19.8 Å². The molecule has 0 radical (unpaired) electrons. The van der Waals surface area contributed by atoms with Gasteiger partial charge in [-0.25, -0.2) is 0 Å². The summed E-state index contributed by atoms with van der Waals surface area (Å²) < 4.78 is 18.9. The van der Waals surface area contributed by atoms with Crippen LogP contribution < -0.4 is 0 Å². The first-order valence-electron chi connectivity index (χ1n) is 9.43. The fourth-order valence-electron chi connectivity index (χ4n) is 2.20. The number of unbranched alkanes of at least 4 members (excludes halogenated alkanes) is 3. The third-order valence-corrected chi connectivity index (χ3v) is 6.51. The standard InChI is InChI=1S/C20H34O3Si/c1-4-7-17-21-24(22-18-8-5-2,23-19-9-6-3)20-15-13-11-10-12-14-16-20/h10-16H,4-9,17-19H2,1-3H3. The molecular formula is C20H34O3Si. The maximum atomic E-state index is 6.32. The molecule has 0 spiro atoms. The van der Waals surface area contributed by atoms with Crippen LogP contribution in [-0.2, 0) is 13.3 Å². The van der Waals surface area contributed by atoms with Gasteiger partial charge in [0.15, 0.2) is 0 Å². The lowest BCUT2D eigenvalue weighted by Gasteiger charge is -2.31. The van der Waals surface area contributed by atoms with Crippen LogP contribution in [0.15, 0.2) is 47.7 Å². The average molecular weight is 351 g/mol. The quantitative estimate of drug-likeness (QED) is 0.323. The van der Waals surface area contributed by atoms with Gasteiger partial charge in [-0.05, 0) is 19.3 Å². The molecule has 0 bridgehead atoms. The predicted molar refractivity (Wildman–Crippen MR) is 104 cm³/mol. The first-order valence-corrected chi connectivity index (χ1v) is 11.2. The second-order valence-corrected chi connectivity index (χ2v) is 8.47. The van der Waals surface area contributed by atoms with Crippen LogP contribution in [0.5, 0.6) is 0 Å². The molecule has 0 N–H and O–H groups in total. The van der Waals surface area contributed by atoms with Gasteiger partial charge in [0.05, 0.1) is 0 Å². The van der Waals surface area contributed by atoms with Gasteiger partial charge in [0.1, 0.15) is 0 Å². The molecule has 0 saturated heterocycles. The normalized spacial score (nSPS) is 14.5. The maximum absolute atomic E-state index is 6.32. The molecule has 0 unspecified atom stereocenters. The summed E-state index contributed by atoms with van der Waals surface area (Å²) in [6, 6.07) is 0. The van der Waals surface area contributed by atoms with Crippen LogP contribution in [0.25, 0.3) is 0 Å². The largest absolute Gasteiger partial charge is 0.537 e. The second kappa shape index (κ2) is 13.4. The smallest absolute Gasteiger partial charge is 0.370 e. The minimum Gasteiger partial charge on any atom is -0.370 e. The summed E-state index contributed by atoms with van der Waals surface area (Å²) in [5.41, 5.74) is 0. The zero-order valence-electron chi connectivity index (χ0n) is 15.6. The summed E-state index contributed by atoms with van der Waals surface area (Å²) in [7, 11) is -2.87. The Balaban J connectivity index is 3.00. The molecule has 136 valence electrons. The van der Waals surface area contributed by atoms with Crippen LogP contribution in [0.3, 0.4) is 0 Å². The molecule has 0 aromatic heterocycles. The fraction of sp³-hybridized carbons (Fsp3) is 0.600. The minimum absolute atomic E-state index is 0.686. The van der Waals surface area contributed by atoms with Crippen LogP contribution in [0.1, 0.15) is 59.3 Å². The Bertz CT molecular complexity index is 412. The Morgan fingerprint density at radius 2 is 1.12 bits per heavy atom. The first kappa shape index (κ1) is 21.1. The van der Waals surface area contributed by atoms with E-state index in [1.165, 1.54) is 0 Å². The molecule has 0 saturated carbocycles. The molecule has 0 amide bonds. The molecule has 0 heterocycles. The Hall–Kier alpha value is -0.943. The van der Waals surface area contributed by atoms with Crippen molar-refractivity contribution in [3.05, 3.63) is 47.7 Å². The van der Waals surface area contributed by atoms with E-state index in [1.807, 2.05) is 30.4 Å². The van der Waals surface area contributed by atoms with Crippen molar-refractivity contribution < 1.29 is 13.3 Å². The minimum atomic E-state index is -2.87. The van der Waals surface area contributed by atoms with E-state index < -0.39 is 8.80 Å². The van der Waals surface area contributed by atoms with Gasteiger partial charge in [0.25, 0.3) is 0 Å². The Morgan fingerprint density at radius 1 is 0.667 bits per heavy atom. The van der Waals surface area contributed by atoms with Crippen molar-refractivity contribution in [2.24, 2.45) is 0 Å². The van der Waals surface area contributed by atoms with E-state index in [0.717, 1.165) is 43.7 Å². The van der Waals surface area contributed by atoms with Gasteiger partial charge < -0.3 is 13.3 Å². The third kappa shape index (κ3) is 7.75. The summed E-state index contributed by atoms with van der Waals surface area (Å²) in [5.74, 6) is 0. The Labute approximate surface area is 149 Å². The third-order valence-electron chi connectivity index (χ3n) is 3.72. The second-order valence-electron chi connectivity index (χ2n) is 5.91.